The Kier molecular flexibility index (Phi) is 11.4. The SMILES string of the molecule is C=C(C)[C@@H]1CC[C@]2(C(=O)N3CCC[C@H]3c3ncc(-c4ccc(F)cc4)[nH]3)CC[C@]3(C)[C@H](CC[C@@H]4[C@@]5(C)CC[C@H](OC(=O)C6CC(C(=O)OCc7ccccc7)C6(C)C)C(C)(C)[C@@H]5CC[C@]43C)[C@@H]12. The Labute approximate surface area is 399 Å². The number of hydrogen-bond acceptors (Lipinski definition) is 6. The molecule has 6 aliphatic carbocycles. The van der Waals surface area contributed by atoms with Gasteiger partial charge in [-0.15, -0.1) is 0 Å². The summed E-state index contributed by atoms with van der Waals surface area (Å²) in [5, 5.41) is 0. The summed E-state index contributed by atoms with van der Waals surface area (Å²) >= 11 is 0. The zero-order chi connectivity index (χ0) is 47.5. The van der Waals surface area contributed by atoms with Gasteiger partial charge in [0.25, 0.3) is 0 Å². The van der Waals surface area contributed by atoms with Gasteiger partial charge in [-0.2, -0.15) is 0 Å². The Balaban J connectivity index is 0.848. The van der Waals surface area contributed by atoms with Gasteiger partial charge in [0.05, 0.1) is 35.2 Å². The van der Waals surface area contributed by atoms with Gasteiger partial charge in [-0.05, 0) is 177 Å². The average Bonchev–Trinajstić information content (AvgIpc) is 4.07. The third-order valence-corrected chi connectivity index (χ3v) is 21.3. The lowest BCUT2D eigenvalue weighted by molar-refractivity contribution is -0.251. The average molecular weight is 914 g/mol. The van der Waals surface area contributed by atoms with Gasteiger partial charge in [0.1, 0.15) is 24.4 Å². The van der Waals surface area contributed by atoms with E-state index in [1.54, 1.807) is 12.1 Å². The molecule has 0 spiro atoms. The van der Waals surface area contributed by atoms with Crippen molar-refractivity contribution in [2.24, 2.45) is 73.9 Å². The molecule has 360 valence electrons. The molecule has 0 radical (unpaired) electrons. The highest BCUT2D eigenvalue weighted by Crippen LogP contribution is 2.78. The normalized spacial score (nSPS) is 39.2. The fourth-order valence-corrected chi connectivity index (χ4v) is 17.3. The van der Waals surface area contributed by atoms with Crippen LogP contribution < -0.4 is 0 Å². The van der Waals surface area contributed by atoms with Crippen molar-refractivity contribution in [3.05, 3.63) is 90.2 Å². The first-order valence-electron chi connectivity index (χ1n) is 25.9. The molecular weight excluding hydrogens is 838 g/mol. The second-order valence-corrected chi connectivity index (χ2v) is 24.7. The van der Waals surface area contributed by atoms with Crippen LogP contribution in [0.1, 0.15) is 156 Å². The van der Waals surface area contributed by atoms with E-state index in [0.717, 1.165) is 106 Å². The summed E-state index contributed by atoms with van der Waals surface area (Å²) in [5.74, 6) is 1.83. The lowest BCUT2D eigenvalue weighted by Crippen LogP contribution is -2.67. The predicted molar refractivity (Wildman–Crippen MR) is 258 cm³/mol. The number of esters is 2. The second-order valence-electron chi connectivity index (χ2n) is 24.7. The van der Waals surface area contributed by atoms with Crippen molar-refractivity contribution >= 4 is 17.8 Å². The number of halogens is 1. The third-order valence-electron chi connectivity index (χ3n) is 21.3. The van der Waals surface area contributed by atoms with Crippen LogP contribution >= 0.6 is 0 Å². The molecular formula is C58H76FN3O5. The fraction of sp³-hybridized carbons (Fsp3) is 0.655. The molecule has 2 unspecified atom stereocenters. The molecule has 6 saturated carbocycles. The highest BCUT2D eigenvalue weighted by Gasteiger charge is 2.72. The van der Waals surface area contributed by atoms with Crippen LogP contribution in [-0.2, 0) is 30.5 Å². The zero-order valence-electron chi connectivity index (χ0n) is 41.6. The molecule has 1 aromatic heterocycles. The van der Waals surface area contributed by atoms with Gasteiger partial charge in [0, 0.05) is 12.0 Å². The van der Waals surface area contributed by atoms with Crippen LogP contribution in [0.25, 0.3) is 11.3 Å². The van der Waals surface area contributed by atoms with Crippen LogP contribution in [0, 0.1) is 79.7 Å². The Hall–Kier alpha value is -4.27. The van der Waals surface area contributed by atoms with E-state index >= 15 is 4.79 Å². The maximum absolute atomic E-state index is 15.6. The molecule has 2 heterocycles. The minimum atomic E-state index is -0.532. The van der Waals surface area contributed by atoms with E-state index in [9.17, 15) is 14.0 Å². The molecule has 7 aliphatic rings. The minimum Gasteiger partial charge on any atom is -0.462 e. The number of imidazole rings is 1. The molecule has 8 nitrogen and oxygen atoms in total. The van der Waals surface area contributed by atoms with Gasteiger partial charge in [-0.25, -0.2) is 9.37 Å². The maximum atomic E-state index is 15.6. The number of allylic oxidation sites excluding steroid dienone is 1. The largest absolute Gasteiger partial charge is 0.462 e. The van der Waals surface area contributed by atoms with Crippen LogP contribution in [0.5, 0.6) is 0 Å². The first-order valence-corrected chi connectivity index (χ1v) is 25.9. The third kappa shape index (κ3) is 7.05. The quantitative estimate of drug-likeness (QED) is 0.169. The Bertz CT molecular complexity index is 2410. The van der Waals surface area contributed by atoms with Crippen molar-refractivity contribution in [2.75, 3.05) is 6.54 Å². The summed E-state index contributed by atoms with van der Waals surface area (Å²) in [7, 11) is 0. The zero-order valence-corrected chi connectivity index (χ0v) is 41.6. The van der Waals surface area contributed by atoms with Crippen molar-refractivity contribution in [3.8, 4) is 11.3 Å². The highest BCUT2D eigenvalue weighted by atomic mass is 19.1. The summed E-state index contributed by atoms with van der Waals surface area (Å²) in [5.41, 5.74) is 3.07. The summed E-state index contributed by atoms with van der Waals surface area (Å²) in [4.78, 5) is 53.5. The number of H-pyrrole nitrogens is 1. The molecule has 13 atom stereocenters. The van der Waals surface area contributed by atoms with Gasteiger partial charge in [0.2, 0.25) is 5.91 Å². The number of nitrogens with zero attached hydrogens (tertiary/aromatic N) is 2. The molecule has 2 aromatic carbocycles. The number of benzene rings is 2. The van der Waals surface area contributed by atoms with Gasteiger partial charge < -0.3 is 19.4 Å². The number of ether oxygens (including phenoxy) is 2. The van der Waals surface area contributed by atoms with Crippen LogP contribution in [0.3, 0.4) is 0 Å². The number of aromatic amines is 1. The molecule has 9 heteroatoms. The Morgan fingerprint density at radius 3 is 2.24 bits per heavy atom. The van der Waals surface area contributed by atoms with Gasteiger partial charge in [-0.3, -0.25) is 14.4 Å². The van der Waals surface area contributed by atoms with Crippen molar-refractivity contribution in [3.63, 3.8) is 0 Å². The summed E-state index contributed by atoms with van der Waals surface area (Å²) in [6, 6.07) is 16.1. The van der Waals surface area contributed by atoms with E-state index in [-0.39, 0.29) is 75.9 Å². The van der Waals surface area contributed by atoms with E-state index in [0.29, 0.717) is 36.0 Å². The van der Waals surface area contributed by atoms with Crippen molar-refractivity contribution in [1.29, 1.82) is 0 Å². The summed E-state index contributed by atoms with van der Waals surface area (Å²) < 4.78 is 26.1. The smallest absolute Gasteiger partial charge is 0.309 e. The van der Waals surface area contributed by atoms with E-state index in [1.165, 1.54) is 17.7 Å². The maximum Gasteiger partial charge on any atom is 0.309 e. The number of amides is 1. The first-order chi connectivity index (χ1) is 31.8. The molecule has 10 rings (SSSR count). The Morgan fingerprint density at radius 1 is 0.791 bits per heavy atom. The van der Waals surface area contributed by atoms with Crippen molar-refractivity contribution < 1.29 is 28.2 Å². The molecule has 7 fully saturated rings. The molecule has 1 saturated heterocycles. The summed E-state index contributed by atoms with van der Waals surface area (Å²) in [6.45, 7) is 24.5. The van der Waals surface area contributed by atoms with E-state index in [1.807, 2.05) is 50.4 Å². The van der Waals surface area contributed by atoms with E-state index in [2.05, 4.69) is 58.0 Å². The number of aromatic nitrogens is 2. The highest BCUT2D eigenvalue weighted by molar-refractivity contribution is 5.85. The number of nitrogens with one attached hydrogen (secondary N) is 1. The van der Waals surface area contributed by atoms with Gasteiger partial charge in [0.15, 0.2) is 0 Å². The topological polar surface area (TPSA) is 102 Å². The number of carbonyl (C=O) groups excluding carboxylic acids is 3. The number of likely N-dealkylation sites (tertiary alicyclic amines) is 1. The first kappa shape index (κ1) is 46.5. The standard InChI is InChI=1S/C58H76FN3O5/c1-35(2)39-23-28-58(52(65)62-31-13-16-44(62)49-60-33-43(61-49)37-17-19-38(59)20-18-37)30-29-56(8)40(48(39)58)21-22-46-55(7)26-25-47(54(5,6)45(55)24-27-57(46,56)9)67-51(64)42-32-41(53(42,3)4)50(63)66-34-36-14-11-10-12-15-36/h10-12,14-15,17-20,33,39-42,44-48H,1,13,16,21-32,34H2,2-9H3,(H,60,61)/t39-,40+,41?,42?,44-,45-,46+,47-,48+,55-,56+,57+,58-/m0/s1. The predicted octanol–water partition coefficient (Wildman–Crippen LogP) is 12.9. The molecule has 1 amide bonds. The number of fused-ring (bicyclic) bond motifs is 7. The lowest BCUT2D eigenvalue weighted by atomic mass is 9.32. The Morgan fingerprint density at radius 2 is 1.52 bits per heavy atom. The fourth-order valence-electron chi connectivity index (χ4n) is 17.3. The van der Waals surface area contributed by atoms with Crippen LogP contribution in [-0.4, -0.2) is 45.4 Å². The molecule has 1 N–H and O–H groups in total. The van der Waals surface area contributed by atoms with Crippen LogP contribution in [0.15, 0.2) is 72.9 Å². The summed E-state index contributed by atoms with van der Waals surface area (Å²) in [6.07, 6.45) is 14.3. The monoisotopic (exact) mass is 914 g/mol. The number of hydrogen-bond donors (Lipinski definition) is 1. The molecule has 1 aliphatic heterocycles. The van der Waals surface area contributed by atoms with Gasteiger partial charge in [-0.1, -0.05) is 91.0 Å². The van der Waals surface area contributed by atoms with E-state index < -0.39 is 10.8 Å². The minimum absolute atomic E-state index is 0.0773. The molecule has 67 heavy (non-hydrogen) atoms. The number of rotatable bonds is 9. The van der Waals surface area contributed by atoms with Gasteiger partial charge >= 0.3 is 11.9 Å². The lowest BCUT2D eigenvalue weighted by Gasteiger charge is -2.73. The van der Waals surface area contributed by atoms with Crippen molar-refractivity contribution in [1.82, 2.24) is 14.9 Å². The van der Waals surface area contributed by atoms with E-state index in [4.69, 9.17) is 14.5 Å². The number of carbonyl (C=O) groups is 3. The molecule has 3 aromatic rings. The van der Waals surface area contributed by atoms with Crippen LogP contribution in [0.4, 0.5) is 4.39 Å². The second kappa shape index (κ2) is 16.4. The van der Waals surface area contributed by atoms with Crippen LogP contribution in [0.2, 0.25) is 0 Å². The molecule has 0 bridgehead atoms. The van der Waals surface area contributed by atoms with Crippen molar-refractivity contribution in [2.45, 2.75) is 158 Å².